The number of hydrogen-bond acceptors (Lipinski definition) is 7. The molecule has 2 heterocycles. The van der Waals surface area contributed by atoms with E-state index in [0.717, 1.165) is 25.3 Å². The zero-order chi connectivity index (χ0) is 17.2. The van der Waals surface area contributed by atoms with Crippen molar-refractivity contribution in [2.24, 2.45) is 0 Å². The number of nitrogens with one attached hydrogen (secondary N) is 1. The van der Waals surface area contributed by atoms with E-state index in [1.807, 2.05) is 24.3 Å². The molecule has 124 valence electrons. The third kappa shape index (κ3) is 3.42. The zero-order valence-electron chi connectivity index (χ0n) is 13.4. The van der Waals surface area contributed by atoms with Crippen LogP contribution >= 0.6 is 23.1 Å². The van der Waals surface area contributed by atoms with Crippen LogP contribution in [0.25, 0.3) is 10.2 Å². The summed E-state index contributed by atoms with van der Waals surface area (Å²) in [5.74, 6) is 0.573. The molecule has 0 amide bonds. The van der Waals surface area contributed by atoms with Crippen LogP contribution in [0.5, 0.6) is 0 Å². The van der Waals surface area contributed by atoms with Crippen molar-refractivity contribution < 1.29 is 0 Å². The predicted octanol–water partition coefficient (Wildman–Crippen LogP) is 4.87. The first-order chi connectivity index (χ1) is 12.2. The van der Waals surface area contributed by atoms with E-state index in [1.54, 1.807) is 11.3 Å². The molecule has 4 rings (SSSR count). The smallest absolute Gasteiger partial charge is 0.189 e. The fourth-order valence-electron chi connectivity index (χ4n) is 2.31. The van der Waals surface area contributed by atoms with Gasteiger partial charge in [0.15, 0.2) is 10.9 Å². The van der Waals surface area contributed by atoms with Gasteiger partial charge in [-0.1, -0.05) is 52.9 Å². The maximum absolute atomic E-state index is 6.27. The Bertz CT molecular complexity index is 994. The van der Waals surface area contributed by atoms with Crippen molar-refractivity contribution >= 4 is 50.0 Å². The predicted molar refractivity (Wildman–Crippen MR) is 105 cm³/mol. The Kier molecular flexibility index (Phi) is 4.25. The van der Waals surface area contributed by atoms with Crippen LogP contribution in [0.3, 0.4) is 0 Å². The van der Waals surface area contributed by atoms with Crippen molar-refractivity contribution in [1.82, 2.24) is 15.0 Å². The first-order valence-electron chi connectivity index (χ1n) is 7.66. The van der Waals surface area contributed by atoms with Crippen LogP contribution in [-0.2, 0) is 0 Å². The number of para-hydroxylation sites is 1. The number of thiazole rings is 1. The highest BCUT2D eigenvalue weighted by Crippen LogP contribution is 2.35. The van der Waals surface area contributed by atoms with Crippen LogP contribution in [0.15, 0.2) is 64.8 Å². The highest BCUT2D eigenvalue weighted by Gasteiger charge is 2.12. The Morgan fingerprint density at radius 3 is 2.64 bits per heavy atom. The Hall–Kier alpha value is -2.64. The Morgan fingerprint density at radius 1 is 1.04 bits per heavy atom. The van der Waals surface area contributed by atoms with Gasteiger partial charge in [-0.25, -0.2) is 15.0 Å². The molecule has 0 aliphatic carbocycles. The van der Waals surface area contributed by atoms with E-state index in [9.17, 15) is 0 Å². The molecule has 0 aliphatic heterocycles. The fraction of sp³-hybridized carbons (Fsp3) is 0.0556. The van der Waals surface area contributed by atoms with Gasteiger partial charge >= 0.3 is 0 Å². The lowest BCUT2D eigenvalue weighted by Gasteiger charge is -2.09. The summed E-state index contributed by atoms with van der Waals surface area (Å²) in [5.41, 5.74) is 8.97. The van der Waals surface area contributed by atoms with Gasteiger partial charge < -0.3 is 11.1 Å². The number of nitrogen functional groups attached to an aromatic ring is 1. The van der Waals surface area contributed by atoms with Crippen molar-refractivity contribution in [2.75, 3.05) is 11.1 Å². The number of aryl methyl sites for hydroxylation is 1. The summed E-state index contributed by atoms with van der Waals surface area (Å²) in [7, 11) is 0. The first kappa shape index (κ1) is 15.9. The Labute approximate surface area is 153 Å². The van der Waals surface area contributed by atoms with Crippen molar-refractivity contribution in [1.29, 1.82) is 0 Å². The molecule has 0 fully saturated rings. The number of fused-ring (bicyclic) bond motifs is 1. The minimum absolute atomic E-state index is 0.521. The number of nitrogens with two attached hydrogens (primary N) is 1. The van der Waals surface area contributed by atoms with Crippen molar-refractivity contribution in [2.45, 2.75) is 16.8 Å². The molecule has 0 bridgehead atoms. The zero-order valence-corrected chi connectivity index (χ0v) is 15.1. The van der Waals surface area contributed by atoms with E-state index in [4.69, 9.17) is 5.73 Å². The van der Waals surface area contributed by atoms with Crippen LogP contribution in [0.1, 0.15) is 5.56 Å². The molecule has 0 unspecified atom stereocenters. The number of anilines is 3. The summed E-state index contributed by atoms with van der Waals surface area (Å²) in [4.78, 5) is 14.2. The third-order valence-electron chi connectivity index (χ3n) is 3.60. The minimum Gasteiger partial charge on any atom is -0.394 e. The Morgan fingerprint density at radius 2 is 1.84 bits per heavy atom. The second kappa shape index (κ2) is 6.70. The monoisotopic (exact) mass is 365 g/mol. The first-order valence-corrected chi connectivity index (χ1v) is 9.30. The molecule has 0 saturated carbocycles. The van der Waals surface area contributed by atoms with E-state index >= 15 is 0 Å². The van der Waals surface area contributed by atoms with Gasteiger partial charge in [0.25, 0.3) is 0 Å². The average molecular weight is 365 g/mol. The maximum atomic E-state index is 6.27. The van der Waals surface area contributed by atoms with E-state index in [-0.39, 0.29) is 0 Å². The molecule has 2 aromatic heterocycles. The van der Waals surface area contributed by atoms with Gasteiger partial charge in [-0.05, 0) is 31.2 Å². The topological polar surface area (TPSA) is 76.7 Å². The van der Waals surface area contributed by atoms with Crippen molar-refractivity contribution in [3.8, 4) is 0 Å². The van der Waals surface area contributed by atoms with E-state index in [1.165, 1.54) is 23.7 Å². The normalized spacial score (nSPS) is 10.9. The molecule has 0 aliphatic rings. The van der Waals surface area contributed by atoms with Crippen LogP contribution in [-0.4, -0.2) is 15.0 Å². The van der Waals surface area contributed by atoms with Gasteiger partial charge in [-0.15, -0.1) is 0 Å². The molecule has 0 saturated heterocycles. The second-order valence-electron chi connectivity index (χ2n) is 5.47. The number of benzene rings is 2. The fourth-order valence-corrected chi connectivity index (χ4v) is 3.97. The van der Waals surface area contributed by atoms with Crippen LogP contribution < -0.4 is 11.1 Å². The van der Waals surface area contributed by atoms with Crippen LogP contribution in [0, 0.1) is 6.92 Å². The lowest BCUT2D eigenvalue weighted by atomic mass is 10.2. The average Bonchev–Trinajstić information content (AvgIpc) is 3.03. The third-order valence-corrected chi connectivity index (χ3v) is 5.58. The summed E-state index contributed by atoms with van der Waals surface area (Å²) in [6.45, 7) is 2.06. The number of nitrogens with zero attached hydrogens (tertiary/aromatic N) is 3. The van der Waals surface area contributed by atoms with Gasteiger partial charge in [-0.2, -0.15) is 0 Å². The second-order valence-corrected chi connectivity index (χ2v) is 7.56. The number of rotatable bonds is 4. The largest absolute Gasteiger partial charge is 0.394 e. The van der Waals surface area contributed by atoms with Gasteiger partial charge in [0, 0.05) is 4.90 Å². The van der Waals surface area contributed by atoms with Gasteiger partial charge in [0.05, 0.1) is 10.2 Å². The number of hydrogen-bond donors (Lipinski definition) is 2. The molecule has 0 radical (unpaired) electrons. The maximum Gasteiger partial charge on any atom is 0.189 e. The molecule has 0 spiro atoms. The molecule has 25 heavy (non-hydrogen) atoms. The molecule has 7 heteroatoms. The molecular formula is C18H15N5S2. The van der Waals surface area contributed by atoms with Gasteiger partial charge in [-0.3, -0.25) is 0 Å². The van der Waals surface area contributed by atoms with E-state index in [0.29, 0.717) is 11.5 Å². The quantitative estimate of drug-likeness (QED) is 0.502. The van der Waals surface area contributed by atoms with Gasteiger partial charge in [0.2, 0.25) is 0 Å². The van der Waals surface area contributed by atoms with Crippen molar-refractivity contribution in [3.63, 3.8) is 0 Å². The van der Waals surface area contributed by atoms with Crippen LogP contribution in [0.2, 0.25) is 0 Å². The minimum atomic E-state index is 0.521. The van der Waals surface area contributed by atoms with Crippen LogP contribution in [0.4, 0.5) is 16.6 Å². The summed E-state index contributed by atoms with van der Waals surface area (Å²) < 4.78 is 1.12. The summed E-state index contributed by atoms with van der Waals surface area (Å²) in [6.07, 6.45) is 1.52. The molecule has 0 atom stereocenters. The summed E-state index contributed by atoms with van der Waals surface area (Å²) in [6, 6.07) is 16.3. The summed E-state index contributed by atoms with van der Waals surface area (Å²) >= 11 is 3.09. The SMILES string of the molecule is Cc1ccc(Sc2ncnc(Nc3nc4ccccc4s3)c2N)cc1. The molecule has 2 aromatic carbocycles. The van der Waals surface area contributed by atoms with E-state index in [2.05, 4.69) is 51.5 Å². The Balaban J connectivity index is 1.61. The summed E-state index contributed by atoms with van der Waals surface area (Å²) in [5, 5.41) is 4.70. The standard InChI is InChI=1S/C18H15N5S2/c1-11-6-8-12(9-7-11)24-17-15(19)16(20-10-21-17)23-18-22-13-4-2-3-5-14(13)25-18/h2-10H,19H2,1H3,(H,20,21,22,23). The lowest BCUT2D eigenvalue weighted by Crippen LogP contribution is -2.02. The van der Waals surface area contributed by atoms with Gasteiger partial charge in [0.1, 0.15) is 17.0 Å². The van der Waals surface area contributed by atoms with E-state index < -0.39 is 0 Å². The number of aromatic nitrogens is 3. The molecule has 5 nitrogen and oxygen atoms in total. The lowest BCUT2D eigenvalue weighted by molar-refractivity contribution is 1.06. The molecule has 3 N–H and O–H groups in total. The molecule has 4 aromatic rings. The highest BCUT2D eigenvalue weighted by molar-refractivity contribution is 7.99. The molecular weight excluding hydrogens is 350 g/mol. The highest BCUT2D eigenvalue weighted by atomic mass is 32.2. The van der Waals surface area contributed by atoms with Crippen molar-refractivity contribution in [3.05, 3.63) is 60.4 Å².